The molecule has 3 unspecified atom stereocenters. The van der Waals surface area contributed by atoms with Crippen LogP contribution in [0, 0.1) is 5.92 Å². The van der Waals surface area contributed by atoms with E-state index in [-0.39, 0.29) is 0 Å². The van der Waals surface area contributed by atoms with Crippen molar-refractivity contribution in [2.45, 2.75) is 51.2 Å². The van der Waals surface area contributed by atoms with Crippen molar-refractivity contribution in [3.05, 3.63) is 28.2 Å². The summed E-state index contributed by atoms with van der Waals surface area (Å²) >= 11 is 3.52. The number of nitrogens with one attached hydrogen (secondary N) is 1. The van der Waals surface area contributed by atoms with Crippen LogP contribution in [0.3, 0.4) is 0 Å². The van der Waals surface area contributed by atoms with Crippen molar-refractivity contribution >= 4 is 15.9 Å². The zero-order valence-corrected chi connectivity index (χ0v) is 13.1. The summed E-state index contributed by atoms with van der Waals surface area (Å²) in [5.74, 6) is 1.87. The number of fused-ring (bicyclic) bond motifs is 1. The normalized spacial score (nSPS) is 29.9. The molecule has 0 saturated heterocycles. The van der Waals surface area contributed by atoms with Crippen LogP contribution in [0.2, 0.25) is 0 Å². The SMILES string of the molecule is CC1CCCCC1NCC1Cc2cc(Br)ccc2O1. The van der Waals surface area contributed by atoms with E-state index in [0.29, 0.717) is 12.1 Å². The molecule has 3 heteroatoms. The molecule has 2 aliphatic rings. The lowest BCUT2D eigenvalue weighted by atomic mass is 9.86. The smallest absolute Gasteiger partial charge is 0.123 e. The Hall–Kier alpha value is -0.540. The first kappa shape index (κ1) is 13.4. The van der Waals surface area contributed by atoms with E-state index in [9.17, 15) is 0 Å². The van der Waals surface area contributed by atoms with Crippen LogP contribution in [0.25, 0.3) is 0 Å². The van der Waals surface area contributed by atoms with Gasteiger partial charge < -0.3 is 10.1 Å². The highest BCUT2D eigenvalue weighted by Gasteiger charge is 2.26. The van der Waals surface area contributed by atoms with Gasteiger partial charge in [0.15, 0.2) is 0 Å². The Labute approximate surface area is 124 Å². The van der Waals surface area contributed by atoms with Gasteiger partial charge >= 0.3 is 0 Å². The second kappa shape index (κ2) is 5.84. The average molecular weight is 324 g/mol. The second-order valence-electron chi connectivity index (χ2n) is 5.97. The van der Waals surface area contributed by atoms with E-state index in [2.05, 4.69) is 46.4 Å². The largest absolute Gasteiger partial charge is 0.488 e. The van der Waals surface area contributed by atoms with Gasteiger partial charge in [0.2, 0.25) is 0 Å². The molecule has 104 valence electrons. The van der Waals surface area contributed by atoms with Crippen LogP contribution >= 0.6 is 15.9 Å². The van der Waals surface area contributed by atoms with Gasteiger partial charge in [0.25, 0.3) is 0 Å². The van der Waals surface area contributed by atoms with E-state index in [4.69, 9.17) is 4.74 Å². The highest BCUT2D eigenvalue weighted by molar-refractivity contribution is 9.10. The summed E-state index contributed by atoms with van der Waals surface area (Å²) in [6, 6.07) is 6.99. The third kappa shape index (κ3) is 3.14. The van der Waals surface area contributed by atoms with Crippen molar-refractivity contribution in [1.82, 2.24) is 5.32 Å². The minimum absolute atomic E-state index is 0.304. The van der Waals surface area contributed by atoms with Crippen LogP contribution in [-0.2, 0) is 6.42 Å². The van der Waals surface area contributed by atoms with Gasteiger partial charge in [0.05, 0.1) is 0 Å². The molecule has 2 nitrogen and oxygen atoms in total. The lowest BCUT2D eigenvalue weighted by Crippen LogP contribution is -2.42. The van der Waals surface area contributed by atoms with Crippen LogP contribution in [0.4, 0.5) is 0 Å². The van der Waals surface area contributed by atoms with Crippen LogP contribution in [-0.4, -0.2) is 18.7 Å². The standard InChI is InChI=1S/C16H22BrNO/c1-11-4-2-3-5-15(11)18-10-14-9-12-8-13(17)6-7-16(12)19-14/h6-8,11,14-15,18H,2-5,9-10H2,1H3. The summed E-state index contributed by atoms with van der Waals surface area (Å²) in [5.41, 5.74) is 1.33. The van der Waals surface area contributed by atoms with Gasteiger partial charge in [-0.3, -0.25) is 0 Å². The van der Waals surface area contributed by atoms with Crippen molar-refractivity contribution in [1.29, 1.82) is 0 Å². The fraction of sp³-hybridized carbons (Fsp3) is 0.625. The first-order chi connectivity index (χ1) is 9.22. The minimum Gasteiger partial charge on any atom is -0.488 e. The molecule has 1 aliphatic carbocycles. The molecular weight excluding hydrogens is 302 g/mol. The van der Waals surface area contributed by atoms with Crippen molar-refractivity contribution in [2.75, 3.05) is 6.54 Å². The van der Waals surface area contributed by atoms with Crippen molar-refractivity contribution in [2.24, 2.45) is 5.92 Å². The molecule has 0 aromatic heterocycles. The molecule has 1 fully saturated rings. The molecule has 1 heterocycles. The number of benzene rings is 1. The highest BCUT2D eigenvalue weighted by Crippen LogP contribution is 2.31. The van der Waals surface area contributed by atoms with Gasteiger partial charge in [0, 0.05) is 23.5 Å². The molecule has 0 amide bonds. The second-order valence-corrected chi connectivity index (χ2v) is 6.89. The van der Waals surface area contributed by atoms with Gasteiger partial charge in [-0.1, -0.05) is 35.7 Å². The number of rotatable bonds is 3. The molecule has 0 bridgehead atoms. The van der Waals surface area contributed by atoms with E-state index in [1.807, 2.05) is 0 Å². The number of hydrogen-bond acceptors (Lipinski definition) is 2. The third-order valence-corrected chi connectivity index (χ3v) is 4.98. The lowest BCUT2D eigenvalue weighted by Gasteiger charge is -2.30. The van der Waals surface area contributed by atoms with Crippen LogP contribution in [0.15, 0.2) is 22.7 Å². The molecule has 3 atom stereocenters. The fourth-order valence-electron chi connectivity index (χ4n) is 3.31. The molecule has 1 saturated carbocycles. The number of halogens is 1. The Morgan fingerprint density at radius 1 is 1.32 bits per heavy atom. The maximum absolute atomic E-state index is 6.00. The molecule has 0 radical (unpaired) electrons. The zero-order valence-electron chi connectivity index (χ0n) is 11.5. The van der Waals surface area contributed by atoms with Crippen LogP contribution in [0.5, 0.6) is 5.75 Å². The summed E-state index contributed by atoms with van der Waals surface area (Å²) in [6.07, 6.45) is 6.81. The molecular formula is C16H22BrNO. The molecule has 1 aromatic rings. The molecule has 1 N–H and O–H groups in total. The van der Waals surface area contributed by atoms with Gasteiger partial charge in [-0.25, -0.2) is 0 Å². The minimum atomic E-state index is 0.304. The predicted octanol–water partition coefficient (Wildman–Crippen LogP) is 3.92. The topological polar surface area (TPSA) is 21.3 Å². The molecule has 1 aromatic carbocycles. The van der Waals surface area contributed by atoms with Gasteiger partial charge in [-0.05, 0) is 42.5 Å². The summed E-state index contributed by atoms with van der Waals surface area (Å²) in [4.78, 5) is 0. The van der Waals surface area contributed by atoms with Gasteiger partial charge in [-0.15, -0.1) is 0 Å². The Morgan fingerprint density at radius 2 is 2.16 bits per heavy atom. The maximum Gasteiger partial charge on any atom is 0.123 e. The summed E-state index contributed by atoms with van der Waals surface area (Å²) < 4.78 is 7.15. The van der Waals surface area contributed by atoms with Crippen molar-refractivity contribution in [3.63, 3.8) is 0 Å². The summed E-state index contributed by atoms with van der Waals surface area (Å²) in [5, 5.41) is 3.73. The average Bonchev–Trinajstić information content (AvgIpc) is 2.79. The number of ether oxygens (including phenoxy) is 1. The first-order valence-corrected chi connectivity index (χ1v) is 8.20. The molecule has 3 rings (SSSR count). The van der Waals surface area contributed by atoms with Crippen LogP contribution in [0.1, 0.15) is 38.2 Å². The first-order valence-electron chi connectivity index (χ1n) is 7.41. The number of hydrogen-bond donors (Lipinski definition) is 1. The van der Waals surface area contributed by atoms with E-state index in [1.165, 1.54) is 31.2 Å². The third-order valence-electron chi connectivity index (χ3n) is 4.48. The van der Waals surface area contributed by atoms with Crippen LogP contribution < -0.4 is 10.1 Å². The Bertz CT molecular complexity index is 448. The Kier molecular flexibility index (Phi) is 4.13. The quantitative estimate of drug-likeness (QED) is 0.910. The van der Waals surface area contributed by atoms with E-state index >= 15 is 0 Å². The highest BCUT2D eigenvalue weighted by atomic mass is 79.9. The Morgan fingerprint density at radius 3 is 3.00 bits per heavy atom. The predicted molar refractivity (Wildman–Crippen MR) is 81.7 cm³/mol. The van der Waals surface area contributed by atoms with Crippen molar-refractivity contribution < 1.29 is 4.74 Å². The summed E-state index contributed by atoms with van der Waals surface area (Å²) in [7, 11) is 0. The van der Waals surface area contributed by atoms with E-state index in [0.717, 1.165) is 29.1 Å². The zero-order chi connectivity index (χ0) is 13.2. The molecule has 19 heavy (non-hydrogen) atoms. The molecule has 0 spiro atoms. The molecule has 1 aliphatic heterocycles. The summed E-state index contributed by atoms with van der Waals surface area (Å²) in [6.45, 7) is 3.35. The van der Waals surface area contributed by atoms with Crippen molar-refractivity contribution in [3.8, 4) is 5.75 Å². The monoisotopic (exact) mass is 323 g/mol. The van der Waals surface area contributed by atoms with Gasteiger partial charge in [0.1, 0.15) is 11.9 Å². The maximum atomic E-state index is 6.00. The Balaban J connectivity index is 1.53. The van der Waals surface area contributed by atoms with E-state index < -0.39 is 0 Å². The van der Waals surface area contributed by atoms with Gasteiger partial charge in [-0.2, -0.15) is 0 Å². The van der Waals surface area contributed by atoms with E-state index in [1.54, 1.807) is 0 Å². The lowest BCUT2D eigenvalue weighted by molar-refractivity contribution is 0.199. The fourth-order valence-corrected chi connectivity index (χ4v) is 3.71.